The summed E-state index contributed by atoms with van der Waals surface area (Å²) in [5.41, 5.74) is 1.98. The Morgan fingerprint density at radius 2 is 1.54 bits per heavy atom. The Hall–Kier alpha value is -2.49. The summed E-state index contributed by atoms with van der Waals surface area (Å²) in [4.78, 5) is 12.4. The van der Waals surface area contributed by atoms with Gasteiger partial charge in [0.15, 0.2) is 6.10 Å². The van der Waals surface area contributed by atoms with Gasteiger partial charge in [0.1, 0.15) is 11.5 Å². The monoisotopic (exact) mass is 383 g/mol. The summed E-state index contributed by atoms with van der Waals surface area (Å²) < 4.78 is 11.5. The summed E-state index contributed by atoms with van der Waals surface area (Å²) in [5, 5.41) is 2.88. The molecule has 0 aromatic heterocycles. The van der Waals surface area contributed by atoms with Gasteiger partial charge < -0.3 is 14.8 Å². The number of hydrogen-bond acceptors (Lipinski definition) is 3. The molecule has 0 heterocycles. The zero-order chi connectivity index (χ0) is 20.4. The maximum Gasteiger partial charge on any atom is 0.265 e. The number of carbonyl (C=O) groups excluding carboxylic acids is 1. The van der Waals surface area contributed by atoms with Gasteiger partial charge in [-0.1, -0.05) is 52.2 Å². The van der Waals surface area contributed by atoms with Gasteiger partial charge in [0.25, 0.3) is 5.91 Å². The zero-order valence-electron chi connectivity index (χ0n) is 17.5. The van der Waals surface area contributed by atoms with Crippen molar-refractivity contribution in [3.63, 3.8) is 0 Å². The Morgan fingerprint density at radius 1 is 0.893 bits per heavy atom. The van der Waals surface area contributed by atoms with Crippen LogP contribution < -0.4 is 14.8 Å². The number of ether oxygens (including phenoxy) is 2. The molecule has 0 spiro atoms. The van der Waals surface area contributed by atoms with Crippen LogP contribution >= 0.6 is 0 Å². The van der Waals surface area contributed by atoms with Gasteiger partial charge in [0, 0.05) is 5.69 Å². The Balaban J connectivity index is 1.79. The van der Waals surface area contributed by atoms with Gasteiger partial charge in [-0.2, -0.15) is 0 Å². The number of unbranched alkanes of at least 4 members (excludes halogenated alkanes) is 3. The molecule has 0 aliphatic rings. The van der Waals surface area contributed by atoms with Gasteiger partial charge in [0.2, 0.25) is 0 Å². The zero-order valence-corrected chi connectivity index (χ0v) is 17.5. The molecule has 4 heteroatoms. The van der Waals surface area contributed by atoms with Crippen LogP contribution in [-0.2, 0) is 4.79 Å². The fourth-order valence-corrected chi connectivity index (χ4v) is 2.79. The van der Waals surface area contributed by atoms with Crippen molar-refractivity contribution in [1.82, 2.24) is 0 Å². The van der Waals surface area contributed by atoms with Crippen molar-refractivity contribution in [2.75, 3.05) is 11.9 Å². The number of nitrogens with one attached hydrogen (secondary N) is 1. The first-order valence-electron chi connectivity index (χ1n) is 10.3. The standard InChI is InChI=1S/C24H33NO3/c1-5-6-7-8-17-27-22-15-11-21(12-16-22)25-24(26)19(4)28-23-13-9-20(10-14-23)18(2)3/h9-16,18-19H,5-8,17H2,1-4H3,(H,25,26). The Bertz CT molecular complexity index is 708. The SMILES string of the molecule is CCCCCCOc1ccc(NC(=O)C(C)Oc2ccc(C(C)C)cc2)cc1. The third kappa shape index (κ3) is 7.26. The van der Waals surface area contributed by atoms with Crippen molar-refractivity contribution in [3.05, 3.63) is 54.1 Å². The van der Waals surface area contributed by atoms with Gasteiger partial charge in [0.05, 0.1) is 6.61 Å². The quantitative estimate of drug-likeness (QED) is 0.472. The number of hydrogen-bond donors (Lipinski definition) is 1. The summed E-state index contributed by atoms with van der Waals surface area (Å²) in [6.45, 7) is 8.97. The second kappa shape index (κ2) is 11.4. The molecule has 2 aromatic rings. The molecule has 0 radical (unpaired) electrons. The molecule has 0 aliphatic carbocycles. The molecule has 2 aromatic carbocycles. The van der Waals surface area contributed by atoms with E-state index in [9.17, 15) is 4.79 Å². The molecule has 4 nitrogen and oxygen atoms in total. The minimum atomic E-state index is -0.584. The molecule has 28 heavy (non-hydrogen) atoms. The van der Waals surface area contributed by atoms with Crippen LogP contribution in [0.25, 0.3) is 0 Å². The van der Waals surface area contributed by atoms with Crippen LogP contribution in [0.1, 0.15) is 64.9 Å². The number of anilines is 1. The molecule has 152 valence electrons. The lowest BCUT2D eigenvalue weighted by molar-refractivity contribution is -0.122. The van der Waals surface area contributed by atoms with E-state index in [-0.39, 0.29) is 5.91 Å². The van der Waals surface area contributed by atoms with Crippen molar-refractivity contribution in [2.45, 2.75) is 65.4 Å². The summed E-state index contributed by atoms with van der Waals surface area (Å²) >= 11 is 0. The highest BCUT2D eigenvalue weighted by atomic mass is 16.5. The van der Waals surface area contributed by atoms with Crippen molar-refractivity contribution in [1.29, 1.82) is 0 Å². The van der Waals surface area contributed by atoms with Crippen LogP contribution in [0, 0.1) is 0 Å². The van der Waals surface area contributed by atoms with Gasteiger partial charge in [-0.15, -0.1) is 0 Å². The molecular formula is C24H33NO3. The third-order valence-corrected chi connectivity index (χ3v) is 4.62. The molecule has 0 saturated heterocycles. The van der Waals surface area contributed by atoms with Crippen LogP contribution in [0.4, 0.5) is 5.69 Å². The van der Waals surface area contributed by atoms with E-state index in [4.69, 9.17) is 9.47 Å². The smallest absolute Gasteiger partial charge is 0.265 e. The topological polar surface area (TPSA) is 47.6 Å². The highest BCUT2D eigenvalue weighted by Gasteiger charge is 2.15. The van der Waals surface area contributed by atoms with E-state index in [2.05, 4.69) is 26.1 Å². The van der Waals surface area contributed by atoms with Crippen LogP contribution in [-0.4, -0.2) is 18.6 Å². The maximum atomic E-state index is 12.4. The molecule has 0 bridgehead atoms. The molecule has 1 unspecified atom stereocenters. The predicted molar refractivity (Wildman–Crippen MR) is 115 cm³/mol. The first kappa shape index (κ1) is 21.8. The van der Waals surface area contributed by atoms with Crippen molar-refractivity contribution < 1.29 is 14.3 Å². The van der Waals surface area contributed by atoms with E-state index in [0.29, 0.717) is 11.7 Å². The van der Waals surface area contributed by atoms with E-state index < -0.39 is 6.10 Å². The van der Waals surface area contributed by atoms with E-state index in [0.717, 1.165) is 24.5 Å². The van der Waals surface area contributed by atoms with E-state index in [1.54, 1.807) is 6.92 Å². The van der Waals surface area contributed by atoms with E-state index >= 15 is 0 Å². The highest BCUT2D eigenvalue weighted by molar-refractivity contribution is 5.94. The molecule has 1 atom stereocenters. The van der Waals surface area contributed by atoms with Gasteiger partial charge in [-0.25, -0.2) is 0 Å². The fraction of sp³-hybridized carbons (Fsp3) is 0.458. The van der Waals surface area contributed by atoms with Gasteiger partial charge in [-0.05, 0) is 61.2 Å². The molecule has 1 N–H and O–H groups in total. The molecule has 0 aliphatic heterocycles. The normalized spacial score (nSPS) is 11.9. The molecule has 1 amide bonds. The Morgan fingerprint density at radius 3 is 2.14 bits per heavy atom. The van der Waals surface area contributed by atoms with E-state index in [1.807, 2.05) is 48.5 Å². The van der Waals surface area contributed by atoms with Crippen LogP contribution in [0.5, 0.6) is 11.5 Å². The molecular weight excluding hydrogens is 350 g/mol. The van der Waals surface area contributed by atoms with Crippen LogP contribution in [0.2, 0.25) is 0 Å². The van der Waals surface area contributed by atoms with Crippen LogP contribution in [0.15, 0.2) is 48.5 Å². The predicted octanol–water partition coefficient (Wildman–Crippen LogP) is 6.18. The fourth-order valence-electron chi connectivity index (χ4n) is 2.79. The van der Waals surface area contributed by atoms with Gasteiger partial charge >= 0.3 is 0 Å². The van der Waals surface area contributed by atoms with E-state index in [1.165, 1.54) is 24.8 Å². The lowest BCUT2D eigenvalue weighted by Crippen LogP contribution is -2.30. The molecule has 0 fully saturated rings. The summed E-state index contributed by atoms with van der Waals surface area (Å²) in [6, 6.07) is 15.3. The second-order valence-corrected chi connectivity index (χ2v) is 7.41. The minimum absolute atomic E-state index is 0.179. The minimum Gasteiger partial charge on any atom is -0.494 e. The van der Waals surface area contributed by atoms with Gasteiger partial charge in [-0.3, -0.25) is 4.79 Å². The lowest BCUT2D eigenvalue weighted by Gasteiger charge is -2.16. The van der Waals surface area contributed by atoms with Crippen molar-refractivity contribution >= 4 is 11.6 Å². The Labute approximate surface area is 169 Å². The third-order valence-electron chi connectivity index (χ3n) is 4.62. The average molecular weight is 384 g/mol. The number of carbonyl (C=O) groups is 1. The summed E-state index contributed by atoms with van der Waals surface area (Å²) in [6.07, 6.45) is 4.15. The highest BCUT2D eigenvalue weighted by Crippen LogP contribution is 2.20. The second-order valence-electron chi connectivity index (χ2n) is 7.41. The van der Waals surface area contributed by atoms with Crippen molar-refractivity contribution in [3.8, 4) is 11.5 Å². The molecule has 2 rings (SSSR count). The number of amides is 1. The Kier molecular flexibility index (Phi) is 8.86. The lowest BCUT2D eigenvalue weighted by atomic mass is 10.0. The van der Waals surface area contributed by atoms with Crippen molar-refractivity contribution in [2.24, 2.45) is 0 Å². The van der Waals surface area contributed by atoms with Crippen LogP contribution in [0.3, 0.4) is 0 Å². The first-order valence-corrected chi connectivity index (χ1v) is 10.3. The largest absolute Gasteiger partial charge is 0.494 e. The first-order chi connectivity index (χ1) is 13.5. The number of benzene rings is 2. The summed E-state index contributed by atoms with van der Waals surface area (Å²) in [5.74, 6) is 1.81. The molecule has 0 saturated carbocycles. The maximum absolute atomic E-state index is 12.4. The average Bonchev–Trinajstić information content (AvgIpc) is 2.69. The summed E-state index contributed by atoms with van der Waals surface area (Å²) in [7, 11) is 0. The number of rotatable bonds is 11.